The topological polar surface area (TPSA) is 52.0 Å². The van der Waals surface area contributed by atoms with Crippen molar-refractivity contribution in [3.8, 4) is 0 Å². The van der Waals surface area contributed by atoms with E-state index in [1.165, 1.54) is 18.7 Å². The minimum atomic E-state index is -3.53. The molecule has 0 saturated carbocycles. The Kier molecular flexibility index (Phi) is 3.02. The number of nitrogens with zero attached hydrogens (tertiary/aromatic N) is 2. The van der Waals surface area contributed by atoms with Gasteiger partial charge >= 0.3 is 0 Å². The summed E-state index contributed by atoms with van der Waals surface area (Å²) in [6.07, 6.45) is 4.21. The molecule has 0 fully saturated rings. The first-order chi connectivity index (χ1) is 8.35. The van der Waals surface area contributed by atoms with Crippen molar-refractivity contribution in [3.63, 3.8) is 0 Å². The Morgan fingerprint density at radius 1 is 1.06 bits per heavy atom. The van der Waals surface area contributed by atoms with Crippen LogP contribution in [0, 0.1) is 27.7 Å². The van der Waals surface area contributed by atoms with Crippen LogP contribution in [0.2, 0.25) is 0 Å². The highest BCUT2D eigenvalue weighted by atomic mass is 32.2. The lowest BCUT2D eigenvalue weighted by Gasteiger charge is -2.14. The molecule has 0 unspecified atom stereocenters. The van der Waals surface area contributed by atoms with E-state index in [-0.39, 0.29) is 0 Å². The third-order valence-corrected chi connectivity index (χ3v) is 5.22. The van der Waals surface area contributed by atoms with Gasteiger partial charge in [-0.05, 0) is 56.0 Å². The van der Waals surface area contributed by atoms with Gasteiger partial charge in [0.2, 0.25) is 0 Å². The average Bonchev–Trinajstić information content (AvgIpc) is 2.85. The first-order valence-corrected chi connectivity index (χ1v) is 7.10. The summed E-state index contributed by atoms with van der Waals surface area (Å²) in [5, 5.41) is 0. The summed E-state index contributed by atoms with van der Waals surface area (Å²) in [5.41, 5.74) is 3.94. The van der Waals surface area contributed by atoms with Crippen LogP contribution in [-0.2, 0) is 10.0 Å². The molecule has 18 heavy (non-hydrogen) atoms. The van der Waals surface area contributed by atoms with Gasteiger partial charge in [-0.25, -0.2) is 17.4 Å². The smallest absolute Gasteiger partial charge is 0.244 e. The Morgan fingerprint density at radius 2 is 1.72 bits per heavy atom. The van der Waals surface area contributed by atoms with E-state index in [0.29, 0.717) is 4.90 Å². The summed E-state index contributed by atoms with van der Waals surface area (Å²) in [6.45, 7) is 7.72. The summed E-state index contributed by atoms with van der Waals surface area (Å²) >= 11 is 0. The number of hydrogen-bond donors (Lipinski definition) is 0. The van der Waals surface area contributed by atoms with Gasteiger partial charge in [0.25, 0.3) is 10.0 Å². The van der Waals surface area contributed by atoms with Crippen molar-refractivity contribution in [3.05, 3.63) is 47.0 Å². The highest BCUT2D eigenvalue weighted by molar-refractivity contribution is 7.90. The molecule has 2 rings (SSSR count). The number of rotatable bonds is 2. The van der Waals surface area contributed by atoms with E-state index in [4.69, 9.17) is 0 Å². The number of aryl methyl sites for hydroxylation is 1. The maximum atomic E-state index is 12.5. The molecule has 0 spiro atoms. The van der Waals surface area contributed by atoms with Crippen molar-refractivity contribution in [2.75, 3.05) is 0 Å². The Morgan fingerprint density at radius 3 is 2.28 bits per heavy atom. The number of hydrogen-bond acceptors (Lipinski definition) is 3. The normalized spacial score (nSPS) is 11.8. The molecule has 0 aliphatic carbocycles. The van der Waals surface area contributed by atoms with Crippen LogP contribution in [0.25, 0.3) is 0 Å². The monoisotopic (exact) mass is 264 g/mol. The van der Waals surface area contributed by atoms with Crippen molar-refractivity contribution in [2.45, 2.75) is 32.6 Å². The molecular formula is C13H16N2O2S. The lowest BCUT2D eigenvalue weighted by Crippen LogP contribution is -2.14. The Hall–Kier alpha value is -1.62. The van der Waals surface area contributed by atoms with Crippen LogP contribution in [0.15, 0.2) is 29.7 Å². The van der Waals surface area contributed by atoms with Crippen LogP contribution in [0.4, 0.5) is 0 Å². The Balaban J connectivity index is 2.74. The standard InChI is InChI=1S/C13H16N2O2S/c1-9-7-13(12(4)11(3)10(9)2)18(16,17)15-6-5-14-8-15/h5-8H,1-4H3. The second-order valence-corrected chi connectivity index (χ2v) is 6.28. The van der Waals surface area contributed by atoms with Crippen LogP contribution in [0.5, 0.6) is 0 Å². The molecule has 4 nitrogen and oxygen atoms in total. The molecule has 1 aromatic heterocycles. The van der Waals surface area contributed by atoms with Gasteiger partial charge in [-0.15, -0.1) is 0 Å². The van der Waals surface area contributed by atoms with E-state index >= 15 is 0 Å². The lowest BCUT2D eigenvalue weighted by atomic mass is 10.00. The van der Waals surface area contributed by atoms with Gasteiger partial charge in [0, 0.05) is 12.4 Å². The van der Waals surface area contributed by atoms with E-state index in [2.05, 4.69) is 4.98 Å². The first kappa shape index (κ1) is 12.8. The minimum absolute atomic E-state index is 0.348. The number of imidazole rings is 1. The SMILES string of the molecule is Cc1cc(S(=O)(=O)n2ccnc2)c(C)c(C)c1C. The summed E-state index contributed by atoms with van der Waals surface area (Å²) in [5.74, 6) is 0. The molecule has 0 amide bonds. The first-order valence-electron chi connectivity index (χ1n) is 5.66. The lowest BCUT2D eigenvalue weighted by molar-refractivity contribution is 0.586. The zero-order valence-electron chi connectivity index (χ0n) is 10.9. The molecular weight excluding hydrogens is 248 g/mol. The molecule has 5 heteroatoms. The maximum Gasteiger partial charge on any atom is 0.269 e. The van der Waals surface area contributed by atoms with Gasteiger partial charge in [0.05, 0.1) is 4.90 Å². The summed E-state index contributed by atoms with van der Waals surface area (Å²) in [4.78, 5) is 4.14. The largest absolute Gasteiger partial charge is 0.269 e. The van der Waals surface area contributed by atoms with Crippen molar-refractivity contribution in [1.82, 2.24) is 8.96 Å². The molecule has 1 heterocycles. The third-order valence-electron chi connectivity index (χ3n) is 3.47. The second-order valence-electron chi connectivity index (χ2n) is 4.46. The van der Waals surface area contributed by atoms with Gasteiger partial charge in [0.15, 0.2) is 0 Å². The minimum Gasteiger partial charge on any atom is -0.244 e. The van der Waals surface area contributed by atoms with Crippen molar-refractivity contribution >= 4 is 10.0 Å². The molecule has 0 aliphatic heterocycles. The van der Waals surface area contributed by atoms with Crippen molar-refractivity contribution < 1.29 is 8.42 Å². The van der Waals surface area contributed by atoms with E-state index in [1.807, 2.05) is 27.7 Å². The predicted octanol–water partition coefficient (Wildman–Crippen LogP) is 2.35. The van der Waals surface area contributed by atoms with Crippen LogP contribution in [0.1, 0.15) is 22.3 Å². The summed E-state index contributed by atoms with van der Waals surface area (Å²) < 4.78 is 26.1. The molecule has 0 saturated heterocycles. The van der Waals surface area contributed by atoms with E-state index in [0.717, 1.165) is 26.2 Å². The molecule has 0 N–H and O–H groups in total. The summed E-state index contributed by atoms with van der Waals surface area (Å²) in [7, 11) is -3.53. The van der Waals surface area contributed by atoms with Gasteiger partial charge in [0.1, 0.15) is 6.33 Å². The fraction of sp³-hybridized carbons (Fsp3) is 0.308. The molecule has 0 bridgehead atoms. The van der Waals surface area contributed by atoms with Crippen LogP contribution < -0.4 is 0 Å². The number of benzene rings is 1. The zero-order valence-corrected chi connectivity index (χ0v) is 11.7. The predicted molar refractivity (Wildman–Crippen MR) is 70.2 cm³/mol. The van der Waals surface area contributed by atoms with Crippen molar-refractivity contribution in [2.24, 2.45) is 0 Å². The van der Waals surface area contributed by atoms with Gasteiger partial charge < -0.3 is 0 Å². The zero-order chi connectivity index (χ0) is 13.5. The molecule has 1 aromatic carbocycles. The van der Waals surface area contributed by atoms with Gasteiger partial charge in [-0.1, -0.05) is 0 Å². The number of aromatic nitrogens is 2. The third kappa shape index (κ3) is 1.84. The quantitative estimate of drug-likeness (QED) is 0.836. The van der Waals surface area contributed by atoms with Crippen LogP contribution in [0.3, 0.4) is 0 Å². The maximum absolute atomic E-state index is 12.5. The molecule has 0 radical (unpaired) electrons. The van der Waals surface area contributed by atoms with Crippen LogP contribution in [-0.4, -0.2) is 17.4 Å². The molecule has 2 aromatic rings. The fourth-order valence-corrected chi connectivity index (χ4v) is 3.43. The molecule has 96 valence electrons. The Labute approximate surface area is 107 Å². The molecule has 0 aliphatic rings. The molecule has 0 atom stereocenters. The van der Waals surface area contributed by atoms with Crippen LogP contribution >= 0.6 is 0 Å². The average molecular weight is 264 g/mol. The van der Waals surface area contributed by atoms with Gasteiger partial charge in [-0.3, -0.25) is 0 Å². The van der Waals surface area contributed by atoms with E-state index in [1.54, 1.807) is 6.07 Å². The van der Waals surface area contributed by atoms with E-state index < -0.39 is 10.0 Å². The highest BCUT2D eigenvalue weighted by Gasteiger charge is 2.21. The fourth-order valence-electron chi connectivity index (χ4n) is 1.95. The van der Waals surface area contributed by atoms with E-state index in [9.17, 15) is 8.42 Å². The summed E-state index contributed by atoms with van der Waals surface area (Å²) in [6, 6.07) is 1.73. The highest BCUT2D eigenvalue weighted by Crippen LogP contribution is 2.26. The second kappa shape index (κ2) is 4.24. The van der Waals surface area contributed by atoms with Gasteiger partial charge in [-0.2, -0.15) is 0 Å². The Bertz CT molecular complexity index is 686. The van der Waals surface area contributed by atoms with Crippen molar-refractivity contribution in [1.29, 1.82) is 0 Å².